The maximum absolute atomic E-state index is 11.7. The van der Waals surface area contributed by atoms with Crippen molar-refractivity contribution in [3.8, 4) is 5.75 Å². The minimum atomic E-state index is 0.0329. The molecular weight excluding hydrogens is 326 g/mol. The molecule has 0 fully saturated rings. The number of benzene rings is 2. The highest BCUT2D eigenvalue weighted by Crippen LogP contribution is 2.23. The largest absolute Gasteiger partial charge is 0.492 e. The van der Waals surface area contributed by atoms with E-state index in [0.717, 1.165) is 15.3 Å². The molecule has 0 spiro atoms. The Bertz CT molecular complexity index is 772. The van der Waals surface area contributed by atoms with E-state index in [-0.39, 0.29) is 5.91 Å². The topological polar surface area (TPSA) is 38.3 Å². The molecule has 0 aliphatic rings. The molecule has 0 bridgehead atoms. The summed E-state index contributed by atoms with van der Waals surface area (Å²) in [6.45, 7) is 0.977. The van der Waals surface area contributed by atoms with E-state index in [1.54, 1.807) is 23.1 Å². The van der Waals surface area contributed by atoms with Gasteiger partial charge >= 0.3 is 0 Å². The molecular formula is C18H17NO2S2. The highest BCUT2D eigenvalue weighted by atomic mass is 32.2. The minimum absolute atomic E-state index is 0.0329. The van der Waals surface area contributed by atoms with E-state index < -0.39 is 0 Å². The zero-order valence-corrected chi connectivity index (χ0v) is 14.2. The monoisotopic (exact) mass is 343 g/mol. The molecule has 1 heterocycles. The second-order valence-corrected chi connectivity index (χ2v) is 7.15. The Labute approximate surface area is 143 Å². The number of thiophene rings is 1. The lowest BCUT2D eigenvalue weighted by Gasteiger charge is -2.08. The number of fused-ring (bicyclic) bond motifs is 1. The van der Waals surface area contributed by atoms with Crippen LogP contribution < -0.4 is 10.1 Å². The maximum Gasteiger partial charge on any atom is 0.230 e. The standard InChI is InChI=1S/C18H17NO2S2/c20-17(13-23-18-6-3-11-22-18)19-9-10-21-16-8-7-14-4-1-2-5-15(14)12-16/h1-8,11-12H,9-10,13H2,(H,19,20). The van der Waals surface area contributed by atoms with Crippen molar-refractivity contribution >= 4 is 39.8 Å². The van der Waals surface area contributed by atoms with Crippen molar-refractivity contribution in [1.82, 2.24) is 5.32 Å². The van der Waals surface area contributed by atoms with Gasteiger partial charge in [-0.1, -0.05) is 36.4 Å². The summed E-state index contributed by atoms with van der Waals surface area (Å²) in [5.74, 6) is 1.30. The smallest absolute Gasteiger partial charge is 0.230 e. The Morgan fingerprint density at radius 2 is 1.96 bits per heavy atom. The Balaban J connectivity index is 1.39. The second-order valence-electron chi connectivity index (χ2n) is 4.93. The van der Waals surface area contributed by atoms with Gasteiger partial charge in [0.25, 0.3) is 0 Å². The summed E-state index contributed by atoms with van der Waals surface area (Å²) in [6.07, 6.45) is 0. The van der Waals surface area contributed by atoms with Gasteiger partial charge in [-0.05, 0) is 34.4 Å². The molecule has 3 aromatic rings. The Morgan fingerprint density at radius 1 is 1.09 bits per heavy atom. The summed E-state index contributed by atoms with van der Waals surface area (Å²) in [4.78, 5) is 11.7. The normalized spacial score (nSPS) is 10.6. The molecule has 0 atom stereocenters. The maximum atomic E-state index is 11.7. The van der Waals surface area contributed by atoms with Gasteiger partial charge in [-0.2, -0.15) is 0 Å². The minimum Gasteiger partial charge on any atom is -0.492 e. The van der Waals surface area contributed by atoms with Crippen molar-refractivity contribution in [2.24, 2.45) is 0 Å². The fraction of sp³-hybridized carbons (Fsp3) is 0.167. The third-order valence-electron chi connectivity index (χ3n) is 3.25. The summed E-state index contributed by atoms with van der Waals surface area (Å²) in [5, 5.41) is 7.23. The van der Waals surface area contributed by atoms with Crippen molar-refractivity contribution in [2.75, 3.05) is 18.9 Å². The number of thioether (sulfide) groups is 1. The third kappa shape index (κ3) is 4.74. The van der Waals surface area contributed by atoms with Crippen LogP contribution in [0.2, 0.25) is 0 Å². The zero-order valence-electron chi connectivity index (χ0n) is 12.5. The predicted octanol–water partition coefficient (Wildman–Crippen LogP) is 4.19. The van der Waals surface area contributed by atoms with Crippen molar-refractivity contribution in [3.63, 3.8) is 0 Å². The van der Waals surface area contributed by atoms with Crippen LogP contribution >= 0.6 is 23.1 Å². The fourth-order valence-electron chi connectivity index (χ4n) is 2.15. The van der Waals surface area contributed by atoms with E-state index in [9.17, 15) is 4.79 Å². The van der Waals surface area contributed by atoms with Gasteiger partial charge in [0.1, 0.15) is 12.4 Å². The third-order valence-corrected chi connectivity index (χ3v) is 5.39. The summed E-state index contributed by atoms with van der Waals surface area (Å²) in [7, 11) is 0. The number of amides is 1. The molecule has 23 heavy (non-hydrogen) atoms. The van der Waals surface area contributed by atoms with Crippen LogP contribution in [0.25, 0.3) is 10.8 Å². The molecule has 118 valence electrons. The van der Waals surface area contributed by atoms with Gasteiger partial charge in [0.05, 0.1) is 16.5 Å². The molecule has 1 N–H and O–H groups in total. The van der Waals surface area contributed by atoms with Crippen LogP contribution in [0.4, 0.5) is 0 Å². The number of ether oxygens (including phenoxy) is 1. The summed E-state index contributed by atoms with van der Waals surface area (Å²) in [6, 6.07) is 18.2. The van der Waals surface area contributed by atoms with E-state index in [4.69, 9.17) is 4.74 Å². The van der Waals surface area contributed by atoms with Gasteiger partial charge in [-0.3, -0.25) is 4.79 Å². The van der Waals surface area contributed by atoms with Crippen LogP contribution in [-0.4, -0.2) is 24.8 Å². The first-order valence-electron chi connectivity index (χ1n) is 7.36. The number of rotatable bonds is 7. The number of nitrogens with one attached hydrogen (secondary N) is 1. The highest BCUT2D eigenvalue weighted by molar-refractivity contribution is 8.01. The second kappa shape index (κ2) is 8.04. The van der Waals surface area contributed by atoms with Gasteiger partial charge in [-0.25, -0.2) is 0 Å². The number of carbonyl (C=O) groups excluding carboxylic acids is 1. The summed E-state index contributed by atoms with van der Waals surface area (Å²) in [5.41, 5.74) is 0. The molecule has 0 radical (unpaired) electrons. The summed E-state index contributed by atoms with van der Waals surface area (Å²) >= 11 is 3.21. The van der Waals surface area contributed by atoms with Crippen LogP contribution in [0.3, 0.4) is 0 Å². The van der Waals surface area contributed by atoms with Gasteiger partial charge in [-0.15, -0.1) is 23.1 Å². The lowest BCUT2D eigenvalue weighted by molar-refractivity contribution is -0.118. The first-order valence-corrected chi connectivity index (χ1v) is 9.22. The van der Waals surface area contributed by atoms with Crippen molar-refractivity contribution in [2.45, 2.75) is 4.21 Å². The molecule has 5 heteroatoms. The van der Waals surface area contributed by atoms with Gasteiger partial charge in [0.15, 0.2) is 0 Å². The number of carbonyl (C=O) groups is 1. The van der Waals surface area contributed by atoms with E-state index >= 15 is 0 Å². The van der Waals surface area contributed by atoms with Crippen LogP contribution in [0.1, 0.15) is 0 Å². The predicted molar refractivity (Wildman–Crippen MR) is 97.5 cm³/mol. The molecule has 3 nitrogen and oxygen atoms in total. The lowest BCUT2D eigenvalue weighted by Crippen LogP contribution is -2.29. The van der Waals surface area contributed by atoms with Gasteiger partial charge in [0, 0.05) is 0 Å². The van der Waals surface area contributed by atoms with Crippen LogP contribution in [0.15, 0.2) is 64.2 Å². The summed E-state index contributed by atoms with van der Waals surface area (Å²) < 4.78 is 6.86. The molecule has 0 saturated carbocycles. The Hall–Kier alpha value is -1.98. The molecule has 3 rings (SSSR count). The van der Waals surface area contributed by atoms with E-state index in [1.165, 1.54) is 5.39 Å². The van der Waals surface area contributed by atoms with E-state index in [0.29, 0.717) is 18.9 Å². The molecule has 0 aliphatic carbocycles. The molecule has 0 unspecified atom stereocenters. The van der Waals surface area contributed by atoms with E-state index in [1.807, 2.05) is 47.8 Å². The molecule has 0 saturated heterocycles. The average Bonchev–Trinajstić information content (AvgIpc) is 3.10. The number of hydrogen-bond donors (Lipinski definition) is 1. The zero-order chi connectivity index (χ0) is 15.9. The van der Waals surface area contributed by atoms with Crippen molar-refractivity contribution in [3.05, 3.63) is 60.0 Å². The molecule has 0 aliphatic heterocycles. The van der Waals surface area contributed by atoms with Crippen molar-refractivity contribution in [1.29, 1.82) is 0 Å². The highest BCUT2D eigenvalue weighted by Gasteiger charge is 2.03. The quantitative estimate of drug-likeness (QED) is 0.516. The molecule has 2 aromatic carbocycles. The first kappa shape index (κ1) is 15.9. The SMILES string of the molecule is O=C(CSc1cccs1)NCCOc1ccc2ccccc2c1. The van der Waals surface area contributed by atoms with Crippen LogP contribution in [-0.2, 0) is 4.79 Å². The van der Waals surface area contributed by atoms with Crippen LogP contribution in [0, 0.1) is 0 Å². The Kier molecular flexibility index (Phi) is 5.56. The fourth-order valence-corrected chi connectivity index (χ4v) is 3.76. The van der Waals surface area contributed by atoms with Gasteiger partial charge in [0.2, 0.25) is 5.91 Å². The van der Waals surface area contributed by atoms with Crippen molar-refractivity contribution < 1.29 is 9.53 Å². The first-order chi connectivity index (χ1) is 11.3. The molecule has 1 amide bonds. The van der Waals surface area contributed by atoms with E-state index in [2.05, 4.69) is 17.4 Å². The number of hydrogen-bond acceptors (Lipinski definition) is 4. The van der Waals surface area contributed by atoms with Crippen LogP contribution in [0.5, 0.6) is 5.75 Å². The molecule has 1 aromatic heterocycles. The van der Waals surface area contributed by atoms with Gasteiger partial charge < -0.3 is 10.1 Å². The lowest BCUT2D eigenvalue weighted by atomic mass is 10.1. The average molecular weight is 343 g/mol. The Morgan fingerprint density at radius 3 is 2.78 bits per heavy atom.